The van der Waals surface area contributed by atoms with Crippen LogP contribution < -0.4 is 11.1 Å². The molecule has 18 nitrogen and oxygen atoms in total. The second-order valence-corrected chi connectivity index (χ2v) is 11.6. The molecule has 3 heterocycles. The number of anilines is 1. The Bertz CT molecular complexity index is 1400. The van der Waals surface area contributed by atoms with E-state index in [1.54, 1.807) is 20.1 Å². The van der Waals surface area contributed by atoms with Crippen molar-refractivity contribution >= 4 is 81.8 Å². The molecule has 1 aromatic rings. The summed E-state index contributed by atoms with van der Waals surface area (Å²) in [4.78, 5) is 85.4. The maximum absolute atomic E-state index is 13.3. The Morgan fingerprint density at radius 2 is 1.72 bits per heavy atom. The van der Waals surface area contributed by atoms with E-state index in [-0.39, 0.29) is 29.7 Å². The van der Waals surface area contributed by atoms with Crippen molar-refractivity contribution in [3.05, 3.63) is 21.7 Å². The average Bonchev–Trinajstić information content (AvgIpc) is 3.42. The SMILES string of the molecule is CCOC(=O)OC(C)OC(=O)CO/N=C(/C(=O)NC1C(=O)N2C(C(=O)OC(C)OC(=O)OCC)=C(SC)CS[C@H]12)c1csc(N)n1. The highest BCUT2D eigenvalue weighted by molar-refractivity contribution is 8.05. The number of aromatic nitrogens is 1. The molecule has 3 unspecified atom stereocenters. The van der Waals surface area contributed by atoms with E-state index in [9.17, 15) is 28.8 Å². The van der Waals surface area contributed by atoms with Gasteiger partial charge in [-0.15, -0.1) is 34.9 Å². The van der Waals surface area contributed by atoms with Gasteiger partial charge in [0.05, 0.1) is 13.2 Å². The van der Waals surface area contributed by atoms with Crippen LogP contribution in [0.25, 0.3) is 0 Å². The molecule has 2 aliphatic rings. The van der Waals surface area contributed by atoms with Crippen molar-refractivity contribution in [1.82, 2.24) is 15.2 Å². The Morgan fingerprint density at radius 1 is 1.09 bits per heavy atom. The molecule has 0 radical (unpaired) electrons. The van der Waals surface area contributed by atoms with E-state index in [0.29, 0.717) is 10.7 Å². The number of hydrogen-bond acceptors (Lipinski definition) is 19. The molecule has 3 N–H and O–H groups in total. The molecular formula is C25H31N5O13S3. The Hall–Kier alpha value is -4.24. The molecule has 21 heteroatoms. The van der Waals surface area contributed by atoms with Crippen LogP contribution in [0.4, 0.5) is 14.7 Å². The van der Waals surface area contributed by atoms with E-state index in [1.165, 1.54) is 47.7 Å². The van der Waals surface area contributed by atoms with Crippen LogP contribution in [0.15, 0.2) is 21.1 Å². The molecule has 1 saturated heterocycles. The van der Waals surface area contributed by atoms with Crippen LogP contribution in [0.2, 0.25) is 0 Å². The molecule has 2 amide bonds. The third-order valence-electron chi connectivity index (χ3n) is 5.60. The van der Waals surface area contributed by atoms with E-state index in [2.05, 4.69) is 24.9 Å². The molecule has 0 bridgehead atoms. The third-order valence-corrected chi connectivity index (χ3v) is 8.56. The lowest BCUT2D eigenvalue weighted by atomic mass is 10.0. The maximum atomic E-state index is 13.3. The Kier molecular flexibility index (Phi) is 13.3. The first-order chi connectivity index (χ1) is 21.9. The molecule has 252 valence electrons. The number of oxime groups is 1. The minimum atomic E-state index is -1.31. The van der Waals surface area contributed by atoms with Crippen LogP contribution in [0.5, 0.6) is 0 Å². The summed E-state index contributed by atoms with van der Waals surface area (Å²) < 4.78 is 28.9. The number of nitrogens with two attached hydrogens (primary N) is 1. The van der Waals surface area contributed by atoms with Gasteiger partial charge in [-0.25, -0.2) is 24.2 Å². The van der Waals surface area contributed by atoms with Crippen molar-refractivity contribution in [2.75, 3.05) is 37.6 Å². The second kappa shape index (κ2) is 16.9. The van der Waals surface area contributed by atoms with Gasteiger partial charge in [-0.2, -0.15) is 0 Å². The number of amides is 2. The first-order valence-corrected chi connectivity index (χ1v) is 16.6. The van der Waals surface area contributed by atoms with Crippen molar-refractivity contribution < 1.29 is 62.0 Å². The Labute approximate surface area is 274 Å². The third kappa shape index (κ3) is 9.39. The summed E-state index contributed by atoms with van der Waals surface area (Å²) >= 11 is 3.53. The summed E-state index contributed by atoms with van der Waals surface area (Å²) in [5.74, 6) is -3.10. The number of fused-ring (bicyclic) bond motifs is 1. The van der Waals surface area contributed by atoms with Crippen molar-refractivity contribution in [3.8, 4) is 0 Å². The quantitative estimate of drug-likeness (QED) is 0.0697. The summed E-state index contributed by atoms with van der Waals surface area (Å²) in [6.45, 7) is 5.07. The van der Waals surface area contributed by atoms with E-state index < -0.39 is 72.4 Å². The van der Waals surface area contributed by atoms with Crippen molar-refractivity contribution in [2.45, 2.75) is 51.7 Å². The lowest BCUT2D eigenvalue weighted by Gasteiger charge is -2.49. The van der Waals surface area contributed by atoms with Crippen LogP contribution in [0.1, 0.15) is 33.4 Å². The molecule has 0 saturated carbocycles. The van der Waals surface area contributed by atoms with Gasteiger partial charge in [0.1, 0.15) is 22.8 Å². The number of esters is 2. The van der Waals surface area contributed by atoms with Crippen LogP contribution in [-0.2, 0) is 52.4 Å². The Morgan fingerprint density at radius 3 is 2.28 bits per heavy atom. The fraction of sp³-hybridized carbons (Fsp3) is 0.520. The van der Waals surface area contributed by atoms with Gasteiger partial charge in [-0.3, -0.25) is 14.5 Å². The van der Waals surface area contributed by atoms with E-state index in [4.69, 9.17) is 29.5 Å². The molecule has 46 heavy (non-hydrogen) atoms. The van der Waals surface area contributed by atoms with Crippen LogP contribution >= 0.6 is 34.9 Å². The van der Waals surface area contributed by atoms with Crippen molar-refractivity contribution in [1.29, 1.82) is 0 Å². The standard InChI is InChI=1S/C25H31N5O13S3/c1-6-37-24(35)42-11(3)40-15(31)8-39-29-16(13-9-46-23(26)27-13)19(32)28-17-20(33)30-18(14(44-5)10-45-21(17)30)22(34)41-12(4)43-25(36)38-7-2/h9,11-12,17,21H,6-8,10H2,1-5H3,(H2,26,27)(H,28,32)/b29-16+/t11?,12?,17?,21-/m1/s1. The van der Waals surface area contributed by atoms with Crippen molar-refractivity contribution in [3.63, 3.8) is 0 Å². The van der Waals surface area contributed by atoms with Crippen LogP contribution in [-0.4, -0.2) is 107 Å². The Balaban J connectivity index is 1.68. The summed E-state index contributed by atoms with van der Waals surface area (Å²) in [6, 6.07) is -1.09. The molecular weight excluding hydrogens is 674 g/mol. The predicted molar refractivity (Wildman–Crippen MR) is 162 cm³/mol. The smallest absolute Gasteiger partial charge is 0.435 e. The number of ether oxygens (including phenoxy) is 6. The van der Waals surface area contributed by atoms with Gasteiger partial charge in [0.15, 0.2) is 10.8 Å². The number of carbonyl (C=O) groups excluding carboxylic acids is 6. The highest BCUT2D eigenvalue weighted by Gasteiger charge is 2.55. The molecule has 3 rings (SSSR count). The molecule has 0 spiro atoms. The first-order valence-electron chi connectivity index (χ1n) is 13.4. The normalized spacial score (nSPS) is 18.7. The number of thiazole rings is 1. The van der Waals surface area contributed by atoms with Gasteiger partial charge in [-0.1, -0.05) is 5.16 Å². The number of rotatable bonds is 14. The average molecular weight is 706 g/mol. The number of nitrogen functional groups attached to an aromatic ring is 1. The predicted octanol–water partition coefficient (Wildman–Crippen LogP) is 1.55. The largest absolute Gasteiger partial charge is 0.511 e. The lowest BCUT2D eigenvalue weighted by Crippen LogP contribution is -2.71. The number of hydrogen-bond donors (Lipinski definition) is 2. The number of nitrogens with zero attached hydrogens (tertiary/aromatic N) is 3. The number of thioether (sulfide) groups is 2. The molecule has 0 aliphatic carbocycles. The fourth-order valence-electron chi connectivity index (χ4n) is 3.75. The summed E-state index contributed by atoms with van der Waals surface area (Å²) in [6.07, 6.45) is -2.95. The lowest BCUT2D eigenvalue weighted by molar-refractivity contribution is -0.173. The molecule has 1 fully saturated rings. The summed E-state index contributed by atoms with van der Waals surface area (Å²) in [5, 5.41) is 7.09. The summed E-state index contributed by atoms with van der Waals surface area (Å²) in [7, 11) is 0. The summed E-state index contributed by atoms with van der Waals surface area (Å²) in [5.41, 5.74) is 5.25. The van der Waals surface area contributed by atoms with Gasteiger partial charge < -0.3 is 44.3 Å². The molecule has 1 aromatic heterocycles. The minimum Gasteiger partial charge on any atom is -0.435 e. The fourth-order valence-corrected chi connectivity index (χ4v) is 6.54. The minimum absolute atomic E-state index is 0.00303. The maximum Gasteiger partial charge on any atom is 0.511 e. The molecule has 2 aliphatic heterocycles. The number of nitrogens with one attached hydrogen (secondary N) is 1. The van der Waals surface area contributed by atoms with Crippen LogP contribution in [0.3, 0.4) is 0 Å². The van der Waals surface area contributed by atoms with Crippen LogP contribution in [0, 0.1) is 0 Å². The van der Waals surface area contributed by atoms with Gasteiger partial charge in [0.2, 0.25) is 19.2 Å². The zero-order chi connectivity index (χ0) is 34.0. The van der Waals surface area contributed by atoms with E-state index >= 15 is 0 Å². The highest BCUT2D eigenvalue weighted by Crippen LogP contribution is 2.43. The van der Waals surface area contributed by atoms with E-state index in [0.717, 1.165) is 11.3 Å². The zero-order valence-corrected chi connectivity index (χ0v) is 27.6. The molecule has 0 aromatic carbocycles. The zero-order valence-electron chi connectivity index (χ0n) is 25.2. The highest BCUT2D eigenvalue weighted by atomic mass is 32.2. The first kappa shape index (κ1) is 36.2. The topological polar surface area (TPSA) is 234 Å². The molecule has 4 atom stereocenters. The van der Waals surface area contributed by atoms with E-state index in [1.807, 2.05) is 0 Å². The number of β-lactam (4-membered cyclic amide) rings is 1. The van der Waals surface area contributed by atoms with Crippen molar-refractivity contribution in [2.24, 2.45) is 5.16 Å². The van der Waals surface area contributed by atoms with Gasteiger partial charge in [-0.05, 0) is 20.1 Å². The number of carbonyl (C=O) groups is 6. The van der Waals surface area contributed by atoms with Gasteiger partial charge >= 0.3 is 24.2 Å². The van der Waals surface area contributed by atoms with Gasteiger partial charge in [0, 0.05) is 29.9 Å². The van der Waals surface area contributed by atoms with Gasteiger partial charge in [0.25, 0.3) is 11.8 Å². The second-order valence-electron chi connectivity index (χ2n) is 8.75. The monoisotopic (exact) mass is 705 g/mol.